The average Bonchev–Trinajstić information content (AvgIpc) is 3.13. The quantitative estimate of drug-likeness (QED) is 0.482. The number of fused-ring (bicyclic) bond motifs is 1. The summed E-state index contributed by atoms with van der Waals surface area (Å²) in [6.07, 6.45) is 1.90. The molecule has 2 aromatic rings. The first kappa shape index (κ1) is 21.4. The minimum Gasteiger partial charge on any atom is -0.483 e. The maximum Gasteiger partial charge on any atom is 0.281 e. The van der Waals surface area contributed by atoms with Crippen LogP contribution in [0.4, 0.5) is 8.78 Å². The number of halogens is 2. The molecule has 3 heterocycles. The van der Waals surface area contributed by atoms with Crippen LogP contribution in [0.2, 0.25) is 0 Å². The van der Waals surface area contributed by atoms with E-state index in [2.05, 4.69) is 26.0 Å². The molecule has 3 rings (SSSR count). The van der Waals surface area contributed by atoms with Gasteiger partial charge in [-0.05, 0) is 13.8 Å². The van der Waals surface area contributed by atoms with E-state index in [4.69, 9.17) is 4.74 Å². The van der Waals surface area contributed by atoms with E-state index in [0.29, 0.717) is 0 Å². The fourth-order valence-electron chi connectivity index (χ4n) is 2.73. The SMILES string of the molecule is CC(C)NC(=O)CCC(F)(F)COc1cc(C2=CNC(O)NC2=O)nn2ccnc12. The molecule has 1 aliphatic rings. The molecule has 0 spiro atoms. The molecule has 1 atom stereocenters. The Morgan fingerprint density at radius 2 is 2.23 bits per heavy atom. The van der Waals surface area contributed by atoms with Crippen molar-refractivity contribution in [2.45, 2.75) is 45.0 Å². The lowest BCUT2D eigenvalue weighted by Crippen LogP contribution is -2.47. The van der Waals surface area contributed by atoms with Crippen molar-refractivity contribution in [3.63, 3.8) is 0 Å². The molecule has 2 amide bonds. The molecule has 0 bridgehead atoms. The van der Waals surface area contributed by atoms with Crippen LogP contribution in [0, 0.1) is 0 Å². The largest absolute Gasteiger partial charge is 0.483 e. The standard InChI is InChI=1S/C18H22F2N6O4/c1-10(2)23-14(27)3-4-18(19,20)9-30-13-7-12(25-26-6-5-21-15(13)26)11-8-22-17(29)24-16(11)28/h5-8,10,17,22,29H,3-4,9H2,1-2H3,(H,23,27)(H,24,28). The highest BCUT2D eigenvalue weighted by molar-refractivity contribution is 6.19. The van der Waals surface area contributed by atoms with Crippen LogP contribution in [0.5, 0.6) is 5.75 Å². The molecule has 0 fully saturated rings. The van der Waals surface area contributed by atoms with Gasteiger partial charge in [0, 0.05) is 43.5 Å². The number of imidazole rings is 1. The Balaban J connectivity index is 1.75. The summed E-state index contributed by atoms with van der Waals surface area (Å²) in [5, 5.41) is 20.9. The van der Waals surface area contributed by atoms with Crippen molar-refractivity contribution in [1.29, 1.82) is 0 Å². The van der Waals surface area contributed by atoms with Crippen molar-refractivity contribution in [2.24, 2.45) is 0 Å². The number of nitrogens with zero attached hydrogens (tertiary/aromatic N) is 3. The zero-order chi connectivity index (χ0) is 21.9. The van der Waals surface area contributed by atoms with Crippen molar-refractivity contribution < 1.29 is 28.2 Å². The number of aliphatic hydroxyl groups excluding tert-OH is 1. The first-order chi connectivity index (χ1) is 14.1. The summed E-state index contributed by atoms with van der Waals surface area (Å²) in [7, 11) is 0. The van der Waals surface area contributed by atoms with Gasteiger partial charge in [0.2, 0.25) is 12.3 Å². The van der Waals surface area contributed by atoms with E-state index in [0.717, 1.165) is 0 Å². The van der Waals surface area contributed by atoms with Gasteiger partial charge in [0.05, 0.1) is 5.57 Å². The third kappa shape index (κ3) is 5.20. The van der Waals surface area contributed by atoms with Gasteiger partial charge in [-0.1, -0.05) is 0 Å². The van der Waals surface area contributed by atoms with Gasteiger partial charge in [0.15, 0.2) is 18.0 Å². The molecule has 4 N–H and O–H groups in total. The van der Waals surface area contributed by atoms with Crippen LogP contribution in [-0.2, 0) is 9.59 Å². The lowest BCUT2D eigenvalue weighted by atomic mass is 10.1. The number of hydrogen-bond acceptors (Lipinski definition) is 7. The molecule has 0 saturated heterocycles. The minimum atomic E-state index is -3.26. The van der Waals surface area contributed by atoms with Crippen molar-refractivity contribution in [3.8, 4) is 5.75 Å². The number of nitrogens with one attached hydrogen (secondary N) is 3. The van der Waals surface area contributed by atoms with Crippen molar-refractivity contribution in [1.82, 2.24) is 30.5 Å². The van der Waals surface area contributed by atoms with E-state index in [1.54, 1.807) is 13.8 Å². The Morgan fingerprint density at radius 1 is 1.47 bits per heavy atom. The third-order valence-electron chi connectivity index (χ3n) is 4.11. The Labute approximate surface area is 170 Å². The number of amides is 2. The Morgan fingerprint density at radius 3 is 2.93 bits per heavy atom. The molecular weight excluding hydrogens is 402 g/mol. The first-order valence-corrected chi connectivity index (χ1v) is 9.24. The van der Waals surface area contributed by atoms with Gasteiger partial charge in [-0.3, -0.25) is 9.59 Å². The molecule has 30 heavy (non-hydrogen) atoms. The van der Waals surface area contributed by atoms with Crippen molar-refractivity contribution >= 4 is 23.0 Å². The normalized spacial score (nSPS) is 16.8. The van der Waals surface area contributed by atoms with Gasteiger partial charge in [0.25, 0.3) is 11.8 Å². The minimum absolute atomic E-state index is 0.00358. The number of hydrogen-bond donors (Lipinski definition) is 4. The summed E-state index contributed by atoms with van der Waals surface area (Å²) in [6.45, 7) is 2.51. The highest BCUT2D eigenvalue weighted by Gasteiger charge is 2.32. The summed E-state index contributed by atoms with van der Waals surface area (Å²) in [4.78, 5) is 27.7. The lowest BCUT2D eigenvalue weighted by Gasteiger charge is -2.21. The monoisotopic (exact) mass is 424 g/mol. The first-order valence-electron chi connectivity index (χ1n) is 9.24. The van der Waals surface area contributed by atoms with E-state index in [9.17, 15) is 23.5 Å². The van der Waals surface area contributed by atoms with E-state index in [1.807, 2.05) is 0 Å². The zero-order valence-electron chi connectivity index (χ0n) is 16.4. The maximum atomic E-state index is 14.2. The van der Waals surface area contributed by atoms with Gasteiger partial charge < -0.3 is 25.8 Å². The Bertz CT molecular complexity index is 975. The van der Waals surface area contributed by atoms with Crippen LogP contribution < -0.4 is 20.7 Å². The van der Waals surface area contributed by atoms with Gasteiger partial charge in [0.1, 0.15) is 5.69 Å². The van der Waals surface area contributed by atoms with Crippen LogP contribution in [0.25, 0.3) is 11.2 Å². The van der Waals surface area contributed by atoms with Crippen molar-refractivity contribution in [3.05, 3.63) is 30.4 Å². The zero-order valence-corrected chi connectivity index (χ0v) is 16.4. The molecule has 0 radical (unpaired) electrons. The second kappa shape index (κ2) is 8.61. The predicted molar refractivity (Wildman–Crippen MR) is 101 cm³/mol. The van der Waals surface area contributed by atoms with Crippen LogP contribution >= 0.6 is 0 Å². The topological polar surface area (TPSA) is 130 Å². The highest BCUT2D eigenvalue weighted by Crippen LogP contribution is 2.27. The molecule has 2 aromatic heterocycles. The van der Waals surface area contributed by atoms with Crippen LogP contribution in [0.15, 0.2) is 24.7 Å². The van der Waals surface area contributed by atoms with Gasteiger partial charge in [-0.15, -0.1) is 0 Å². The second-order valence-electron chi connectivity index (χ2n) is 7.06. The smallest absolute Gasteiger partial charge is 0.281 e. The number of rotatable bonds is 8. The molecule has 12 heteroatoms. The molecule has 1 unspecified atom stereocenters. The molecule has 0 aromatic carbocycles. The highest BCUT2D eigenvalue weighted by atomic mass is 19.3. The molecule has 0 aliphatic carbocycles. The Hall–Kier alpha value is -3.28. The number of alkyl halides is 2. The summed E-state index contributed by atoms with van der Waals surface area (Å²) in [5.41, 5.74) is 0.404. The number of carbonyl (C=O) groups is 2. The fraction of sp³-hybridized carbons (Fsp3) is 0.444. The lowest BCUT2D eigenvalue weighted by molar-refractivity contribution is -0.124. The number of aromatic nitrogens is 3. The fourth-order valence-corrected chi connectivity index (χ4v) is 2.73. The van der Waals surface area contributed by atoms with Crippen LogP contribution in [0.1, 0.15) is 32.4 Å². The summed E-state index contributed by atoms with van der Waals surface area (Å²) in [6, 6.07) is 1.18. The Kier molecular flexibility index (Phi) is 6.15. The molecule has 0 saturated carbocycles. The average molecular weight is 424 g/mol. The molecular formula is C18H22F2N6O4. The van der Waals surface area contributed by atoms with Crippen LogP contribution in [-0.4, -0.2) is 56.4 Å². The second-order valence-corrected chi connectivity index (χ2v) is 7.06. The summed E-state index contributed by atoms with van der Waals surface area (Å²) < 4.78 is 35.1. The summed E-state index contributed by atoms with van der Waals surface area (Å²) >= 11 is 0. The summed E-state index contributed by atoms with van der Waals surface area (Å²) in [5.74, 6) is -4.32. The van der Waals surface area contributed by atoms with E-state index in [-0.39, 0.29) is 35.1 Å². The van der Waals surface area contributed by atoms with E-state index < -0.39 is 37.1 Å². The van der Waals surface area contributed by atoms with Crippen LogP contribution in [0.3, 0.4) is 0 Å². The van der Waals surface area contributed by atoms with E-state index >= 15 is 0 Å². The van der Waals surface area contributed by atoms with Crippen molar-refractivity contribution in [2.75, 3.05) is 6.61 Å². The van der Waals surface area contributed by atoms with Gasteiger partial charge in [-0.2, -0.15) is 5.10 Å². The number of ether oxygens (including phenoxy) is 1. The molecule has 10 nitrogen and oxygen atoms in total. The number of aliphatic hydroxyl groups is 1. The molecule has 1 aliphatic heterocycles. The molecule has 162 valence electrons. The van der Waals surface area contributed by atoms with E-state index in [1.165, 1.54) is 29.2 Å². The van der Waals surface area contributed by atoms with Gasteiger partial charge >= 0.3 is 0 Å². The maximum absolute atomic E-state index is 14.2. The van der Waals surface area contributed by atoms with Gasteiger partial charge in [-0.25, -0.2) is 18.3 Å². The number of carbonyl (C=O) groups excluding carboxylic acids is 2. The predicted octanol–water partition coefficient (Wildman–Crippen LogP) is 0.384. The third-order valence-corrected chi connectivity index (χ3v) is 4.11.